The van der Waals surface area contributed by atoms with Gasteiger partial charge < -0.3 is 0 Å². The standard InChI is InChI=1S/2CHNO.6CH4.H4Si/c2*2-1-3;;;;;;;/h2*2H;7*1H4. The summed E-state index contributed by atoms with van der Waals surface area (Å²) < 4.78 is 0. The summed E-state index contributed by atoms with van der Waals surface area (Å²) in [5, 5.41) is 10.8. The smallest absolute Gasteiger partial charge is 0.222 e. The molecule has 0 fully saturated rings. The van der Waals surface area contributed by atoms with Crippen LogP contribution in [0.4, 0.5) is 0 Å². The van der Waals surface area contributed by atoms with Gasteiger partial charge >= 0.3 is 0 Å². The maximum atomic E-state index is 8.35. The molecule has 0 rings (SSSR count). The van der Waals surface area contributed by atoms with Crippen molar-refractivity contribution in [2.24, 2.45) is 0 Å². The Balaban J connectivity index is -0.00000000229. The first-order valence-corrected chi connectivity index (χ1v) is 0.908. The maximum Gasteiger partial charge on any atom is 0.231 e. The van der Waals surface area contributed by atoms with Crippen LogP contribution in [0, 0.1) is 10.8 Å². The molecule has 0 atom stereocenters. The first-order valence-electron chi connectivity index (χ1n) is 0.908. The second kappa shape index (κ2) is 1140. The number of hydrogen-bond donors (Lipinski definition) is 2. The van der Waals surface area contributed by atoms with E-state index in [1.165, 1.54) is 0 Å². The Morgan fingerprint density at radius 1 is 0.615 bits per heavy atom. The molecule has 0 unspecified atom stereocenters. The summed E-state index contributed by atoms with van der Waals surface area (Å²) in [6, 6.07) is 0. The molecule has 0 saturated heterocycles. The van der Waals surface area contributed by atoms with Gasteiger partial charge in [-0.25, -0.2) is 20.4 Å². The molecular weight excluding hydrogens is 184 g/mol. The zero-order valence-corrected chi connectivity index (χ0v) is 2.82. The summed E-state index contributed by atoms with van der Waals surface area (Å²) in [5.74, 6) is 0. The molecule has 0 radical (unpaired) electrons. The van der Waals surface area contributed by atoms with E-state index in [0.717, 1.165) is 12.2 Å². The van der Waals surface area contributed by atoms with Crippen LogP contribution in [0.3, 0.4) is 0 Å². The number of nitrogens with one attached hydrogen (secondary N) is 2. The monoisotopic (exact) mass is 214 g/mol. The van der Waals surface area contributed by atoms with Gasteiger partial charge in [-0.1, -0.05) is 44.6 Å². The third kappa shape index (κ3) is 845. The maximum absolute atomic E-state index is 8.35. The molecular formula is C8H30N2O2Si. The molecule has 4 nitrogen and oxygen atoms in total. The molecule has 0 aromatic heterocycles. The molecule has 0 spiro atoms. The summed E-state index contributed by atoms with van der Waals surface area (Å²) >= 11 is 0. The van der Waals surface area contributed by atoms with Crippen molar-refractivity contribution < 1.29 is 9.59 Å². The fourth-order valence-electron chi connectivity index (χ4n) is 0. The Morgan fingerprint density at radius 2 is 0.615 bits per heavy atom. The predicted octanol–water partition coefficient (Wildman–Crippen LogP) is 2.17. The van der Waals surface area contributed by atoms with Crippen LogP contribution in [-0.2, 0) is 9.59 Å². The molecule has 13 heavy (non-hydrogen) atoms. The zero-order valence-electron chi connectivity index (χ0n) is 2.82. The highest BCUT2D eigenvalue weighted by molar-refractivity contribution is 5.75. The lowest BCUT2D eigenvalue weighted by molar-refractivity contribution is 0.562. The van der Waals surface area contributed by atoms with Gasteiger partial charge in [0.05, 0.1) is 0 Å². The molecule has 0 heterocycles. The molecule has 0 aliphatic rings. The van der Waals surface area contributed by atoms with Crippen LogP contribution in [-0.4, -0.2) is 23.1 Å². The molecule has 0 amide bonds. The minimum Gasteiger partial charge on any atom is -0.222 e. The van der Waals surface area contributed by atoms with Gasteiger partial charge in [-0.2, -0.15) is 0 Å². The SMILES string of the molecule is C.C.C.C.C.C.N=C=O.N=C=O.[SiH4]. The highest BCUT2D eigenvalue weighted by atomic mass is 28.1. The Morgan fingerprint density at radius 3 is 0.615 bits per heavy atom. The molecule has 0 bridgehead atoms. The van der Waals surface area contributed by atoms with E-state index < -0.39 is 0 Å². The zero-order chi connectivity index (χ0) is 5.41. The first kappa shape index (κ1) is 163. The third-order valence-electron chi connectivity index (χ3n) is 0. The largest absolute Gasteiger partial charge is 0.231 e. The van der Waals surface area contributed by atoms with Crippen LogP contribution in [0.15, 0.2) is 0 Å². The highest BCUT2D eigenvalue weighted by Crippen LogP contribution is 0.871. The van der Waals surface area contributed by atoms with Gasteiger partial charge in [-0.05, 0) is 11.0 Å². The van der Waals surface area contributed by atoms with Crippen LogP contribution in [0.5, 0.6) is 0 Å². The predicted molar refractivity (Wildman–Crippen MR) is 68.5 cm³/mol. The molecule has 0 aromatic carbocycles. The van der Waals surface area contributed by atoms with Crippen LogP contribution in [0.25, 0.3) is 0 Å². The summed E-state index contributed by atoms with van der Waals surface area (Å²) in [6.45, 7) is 0. The van der Waals surface area contributed by atoms with E-state index in [1.807, 2.05) is 0 Å². The highest BCUT2D eigenvalue weighted by Gasteiger charge is 1.04. The van der Waals surface area contributed by atoms with Crippen molar-refractivity contribution >= 4 is 23.1 Å². The Labute approximate surface area is 88.8 Å². The fourth-order valence-corrected chi connectivity index (χ4v) is 0. The molecule has 0 saturated carbocycles. The summed E-state index contributed by atoms with van der Waals surface area (Å²) in [4.78, 5) is 16.7. The quantitative estimate of drug-likeness (QED) is 0.368. The van der Waals surface area contributed by atoms with Gasteiger partial charge in [0.25, 0.3) is 0 Å². The third-order valence-corrected chi connectivity index (χ3v) is 0. The van der Waals surface area contributed by atoms with E-state index in [-0.39, 0.29) is 55.5 Å². The molecule has 0 aromatic rings. The van der Waals surface area contributed by atoms with Crippen molar-refractivity contribution in [1.29, 1.82) is 10.8 Å². The van der Waals surface area contributed by atoms with E-state index in [0.29, 0.717) is 0 Å². The minimum absolute atomic E-state index is 0. The number of hydrogen-bond acceptors (Lipinski definition) is 4. The molecule has 5 heteroatoms. The first-order chi connectivity index (χ1) is 2.83. The lowest BCUT2D eigenvalue weighted by atomic mass is 11.7. The van der Waals surface area contributed by atoms with Crippen molar-refractivity contribution in [1.82, 2.24) is 0 Å². The normalized spacial score (nSPS) is 1.23. The van der Waals surface area contributed by atoms with Gasteiger partial charge in [-0.3, -0.25) is 0 Å². The van der Waals surface area contributed by atoms with Crippen LogP contribution in [0.1, 0.15) is 44.6 Å². The van der Waals surface area contributed by atoms with Gasteiger partial charge in [0.15, 0.2) is 0 Å². The van der Waals surface area contributed by atoms with Crippen molar-refractivity contribution in [3.05, 3.63) is 0 Å². The summed E-state index contributed by atoms with van der Waals surface area (Å²) in [6.07, 6.45) is 1.50. The lowest BCUT2D eigenvalue weighted by Gasteiger charge is -1.02. The fraction of sp³-hybridized carbons (Fsp3) is 0.750. The average Bonchev–Trinajstić information content (AvgIpc) is 1.39. The molecule has 0 aliphatic carbocycles. The van der Waals surface area contributed by atoms with E-state index in [9.17, 15) is 0 Å². The number of carbonyl (C=O) groups excluding carboxylic acids is 2. The van der Waals surface area contributed by atoms with Gasteiger partial charge in [0.2, 0.25) is 12.2 Å². The minimum atomic E-state index is 0. The van der Waals surface area contributed by atoms with E-state index in [2.05, 4.69) is 0 Å². The number of rotatable bonds is 0. The number of isocyanates is 2. The van der Waals surface area contributed by atoms with Crippen molar-refractivity contribution in [3.63, 3.8) is 0 Å². The average molecular weight is 214 g/mol. The Kier molecular flexibility index (Phi) is 14300. The van der Waals surface area contributed by atoms with Gasteiger partial charge in [-0.15, -0.1) is 0 Å². The molecule has 0 aliphatic heterocycles. The molecule has 2 N–H and O–H groups in total. The topological polar surface area (TPSA) is 81.8 Å². The van der Waals surface area contributed by atoms with Crippen LogP contribution < -0.4 is 0 Å². The summed E-state index contributed by atoms with van der Waals surface area (Å²) in [7, 11) is 0. The summed E-state index contributed by atoms with van der Waals surface area (Å²) in [5.41, 5.74) is 0. The Hall–Kier alpha value is -1.02. The van der Waals surface area contributed by atoms with E-state index in [1.54, 1.807) is 0 Å². The van der Waals surface area contributed by atoms with E-state index >= 15 is 0 Å². The van der Waals surface area contributed by atoms with Crippen LogP contribution >= 0.6 is 0 Å². The molecule has 88 valence electrons. The van der Waals surface area contributed by atoms with Gasteiger partial charge in [0, 0.05) is 0 Å². The van der Waals surface area contributed by atoms with E-state index in [4.69, 9.17) is 20.4 Å². The lowest BCUT2D eigenvalue weighted by Crippen LogP contribution is -1.16. The van der Waals surface area contributed by atoms with Crippen molar-refractivity contribution in [2.75, 3.05) is 0 Å². The van der Waals surface area contributed by atoms with Crippen LogP contribution in [0.2, 0.25) is 0 Å². The second-order valence-corrected chi connectivity index (χ2v) is 0.204. The van der Waals surface area contributed by atoms with Crippen molar-refractivity contribution in [2.45, 2.75) is 44.6 Å². The van der Waals surface area contributed by atoms with Crippen molar-refractivity contribution in [3.8, 4) is 0 Å². The Bertz CT molecular complexity index is 74.1. The van der Waals surface area contributed by atoms with Gasteiger partial charge in [0.1, 0.15) is 0 Å². The second-order valence-electron chi connectivity index (χ2n) is 0.204.